The molecule has 3 aromatic rings. The Morgan fingerprint density at radius 1 is 1.13 bits per heavy atom. The topological polar surface area (TPSA) is 81.1 Å². The molecule has 1 amide bonds. The Labute approximate surface area is 180 Å². The van der Waals surface area contributed by atoms with Crippen molar-refractivity contribution >= 4 is 23.4 Å². The van der Waals surface area contributed by atoms with Crippen LogP contribution >= 0.6 is 11.8 Å². The minimum Gasteiger partial charge on any atom is -0.494 e. The normalized spacial score (nSPS) is 17.7. The van der Waals surface area contributed by atoms with Crippen molar-refractivity contribution in [2.24, 2.45) is 0 Å². The summed E-state index contributed by atoms with van der Waals surface area (Å²) in [6, 6.07) is 17.2. The van der Waals surface area contributed by atoms with E-state index in [-0.39, 0.29) is 11.9 Å². The third kappa shape index (κ3) is 4.28. The lowest BCUT2D eigenvalue weighted by Gasteiger charge is -2.33. The fourth-order valence-corrected chi connectivity index (χ4v) is 4.51. The van der Waals surface area contributed by atoms with Crippen molar-refractivity contribution in [1.29, 1.82) is 0 Å². The highest BCUT2D eigenvalue weighted by atomic mass is 32.2. The summed E-state index contributed by atoms with van der Waals surface area (Å²) < 4.78 is 7.40. The minimum absolute atomic E-state index is 0.0863. The van der Waals surface area contributed by atoms with E-state index in [1.54, 1.807) is 0 Å². The molecule has 0 aliphatic carbocycles. The number of ether oxygens (including phenoxy) is 1. The molecule has 0 saturated heterocycles. The molecule has 1 aliphatic rings. The first-order valence-corrected chi connectivity index (χ1v) is 11.0. The van der Waals surface area contributed by atoms with Crippen LogP contribution in [-0.2, 0) is 11.2 Å². The lowest BCUT2D eigenvalue weighted by Crippen LogP contribution is -2.41. The number of rotatable bonds is 7. The van der Waals surface area contributed by atoms with Gasteiger partial charge in [0, 0.05) is 12.1 Å². The summed E-state index contributed by atoms with van der Waals surface area (Å²) in [4.78, 5) is 13.2. The van der Waals surface area contributed by atoms with E-state index >= 15 is 0 Å². The SMILES string of the molecule is CCCc1nnc2n1N[C@H](c1ccccc1)[C@@H](C(=O)Nc1ccc(OCC)cc1)S2. The molecule has 8 heteroatoms. The zero-order valence-corrected chi connectivity index (χ0v) is 17.9. The fourth-order valence-electron chi connectivity index (χ4n) is 3.41. The number of carbonyl (C=O) groups is 1. The van der Waals surface area contributed by atoms with Gasteiger partial charge in [0.2, 0.25) is 11.1 Å². The highest BCUT2D eigenvalue weighted by Gasteiger charge is 2.37. The van der Waals surface area contributed by atoms with Gasteiger partial charge in [0.1, 0.15) is 11.0 Å². The maximum absolute atomic E-state index is 13.2. The predicted octanol–water partition coefficient (Wildman–Crippen LogP) is 4.03. The van der Waals surface area contributed by atoms with E-state index in [1.165, 1.54) is 11.8 Å². The molecule has 0 spiro atoms. The van der Waals surface area contributed by atoms with Crippen LogP contribution in [0.2, 0.25) is 0 Å². The maximum Gasteiger partial charge on any atom is 0.240 e. The second-order valence-corrected chi connectivity index (χ2v) is 8.10. The second-order valence-electron chi connectivity index (χ2n) is 6.99. The lowest BCUT2D eigenvalue weighted by molar-refractivity contribution is -0.116. The number of anilines is 1. The molecule has 30 heavy (non-hydrogen) atoms. The van der Waals surface area contributed by atoms with Crippen molar-refractivity contribution < 1.29 is 9.53 Å². The molecular formula is C22H25N5O2S. The molecule has 2 heterocycles. The molecule has 0 radical (unpaired) electrons. The number of hydrogen-bond acceptors (Lipinski definition) is 6. The van der Waals surface area contributed by atoms with Gasteiger partial charge in [0.25, 0.3) is 0 Å². The zero-order chi connectivity index (χ0) is 20.9. The molecule has 2 N–H and O–H groups in total. The van der Waals surface area contributed by atoms with Gasteiger partial charge in [0.15, 0.2) is 5.82 Å². The first-order chi connectivity index (χ1) is 14.7. The number of amides is 1. The smallest absolute Gasteiger partial charge is 0.240 e. The monoisotopic (exact) mass is 423 g/mol. The molecule has 2 aromatic carbocycles. The summed E-state index contributed by atoms with van der Waals surface area (Å²) in [5, 5.41) is 11.9. The van der Waals surface area contributed by atoms with Gasteiger partial charge in [-0.15, -0.1) is 10.2 Å². The van der Waals surface area contributed by atoms with Crippen molar-refractivity contribution in [3.63, 3.8) is 0 Å². The number of carbonyl (C=O) groups excluding carboxylic acids is 1. The van der Waals surface area contributed by atoms with E-state index in [0.717, 1.165) is 35.7 Å². The van der Waals surface area contributed by atoms with Crippen LogP contribution in [0.15, 0.2) is 59.8 Å². The zero-order valence-electron chi connectivity index (χ0n) is 17.0. The Kier molecular flexibility index (Phi) is 6.23. The van der Waals surface area contributed by atoms with Crippen LogP contribution in [0.4, 0.5) is 5.69 Å². The fraction of sp³-hybridized carbons (Fsp3) is 0.318. The van der Waals surface area contributed by atoms with Gasteiger partial charge in [0.05, 0.1) is 12.6 Å². The first-order valence-electron chi connectivity index (χ1n) is 10.2. The number of aryl methyl sites for hydroxylation is 1. The van der Waals surface area contributed by atoms with Crippen molar-refractivity contribution in [3.8, 4) is 5.75 Å². The van der Waals surface area contributed by atoms with E-state index in [4.69, 9.17) is 4.74 Å². The van der Waals surface area contributed by atoms with Crippen LogP contribution in [-0.4, -0.2) is 32.6 Å². The van der Waals surface area contributed by atoms with Crippen LogP contribution in [0.1, 0.15) is 37.7 Å². The quantitative estimate of drug-likeness (QED) is 0.597. The van der Waals surface area contributed by atoms with Gasteiger partial charge >= 0.3 is 0 Å². The third-order valence-electron chi connectivity index (χ3n) is 4.83. The Bertz CT molecular complexity index is 991. The van der Waals surface area contributed by atoms with Crippen LogP contribution < -0.4 is 15.5 Å². The van der Waals surface area contributed by atoms with Gasteiger partial charge < -0.3 is 15.5 Å². The largest absolute Gasteiger partial charge is 0.494 e. The van der Waals surface area contributed by atoms with Gasteiger partial charge in [-0.3, -0.25) is 4.79 Å². The standard InChI is InChI=1S/C22H25N5O2S/c1-3-8-18-24-25-22-27(18)26-19(15-9-6-5-7-10-15)20(30-22)21(28)23-16-11-13-17(14-12-16)29-4-2/h5-7,9-14,19-20,26H,3-4,8H2,1-2H3,(H,23,28)/t19-,20+/m1/s1. The van der Waals surface area contributed by atoms with E-state index in [2.05, 4.69) is 27.9 Å². The summed E-state index contributed by atoms with van der Waals surface area (Å²) in [5.74, 6) is 1.58. The molecular weight excluding hydrogens is 398 g/mol. The highest BCUT2D eigenvalue weighted by Crippen LogP contribution is 2.37. The minimum atomic E-state index is -0.398. The lowest BCUT2D eigenvalue weighted by atomic mass is 10.0. The van der Waals surface area contributed by atoms with Crippen molar-refractivity contribution in [2.45, 2.75) is 43.1 Å². The Morgan fingerprint density at radius 2 is 1.90 bits per heavy atom. The van der Waals surface area contributed by atoms with Crippen molar-refractivity contribution in [3.05, 3.63) is 66.0 Å². The van der Waals surface area contributed by atoms with Gasteiger partial charge in [-0.2, -0.15) is 0 Å². The van der Waals surface area contributed by atoms with Gasteiger partial charge in [-0.25, -0.2) is 4.68 Å². The number of hydrogen-bond donors (Lipinski definition) is 2. The van der Waals surface area contributed by atoms with E-state index in [0.29, 0.717) is 11.8 Å². The maximum atomic E-state index is 13.2. The van der Waals surface area contributed by atoms with Crippen LogP contribution in [0, 0.1) is 0 Å². The Balaban J connectivity index is 1.59. The van der Waals surface area contributed by atoms with Crippen molar-refractivity contribution in [2.75, 3.05) is 17.3 Å². The molecule has 4 rings (SSSR count). The number of benzene rings is 2. The van der Waals surface area contributed by atoms with Crippen LogP contribution in [0.25, 0.3) is 0 Å². The molecule has 1 aromatic heterocycles. The predicted molar refractivity (Wildman–Crippen MR) is 118 cm³/mol. The number of nitrogens with one attached hydrogen (secondary N) is 2. The average Bonchev–Trinajstić information content (AvgIpc) is 3.17. The van der Waals surface area contributed by atoms with E-state index in [1.807, 2.05) is 66.2 Å². The van der Waals surface area contributed by atoms with Crippen LogP contribution in [0.5, 0.6) is 5.75 Å². The number of aromatic nitrogens is 3. The Hall–Kier alpha value is -3.00. The molecule has 1 aliphatic heterocycles. The third-order valence-corrected chi connectivity index (χ3v) is 6.04. The Morgan fingerprint density at radius 3 is 2.60 bits per heavy atom. The van der Waals surface area contributed by atoms with E-state index < -0.39 is 5.25 Å². The number of thioether (sulfide) groups is 1. The molecule has 0 saturated carbocycles. The highest BCUT2D eigenvalue weighted by molar-refractivity contribution is 8.00. The molecule has 2 atom stereocenters. The summed E-state index contributed by atoms with van der Waals surface area (Å²) in [6.45, 7) is 4.66. The molecule has 0 fully saturated rings. The van der Waals surface area contributed by atoms with Crippen molar-refractivity contribution in [1.82, 2.24) is 14.9 Å². The summed E-state index contributed by atoms with van der Waals surface area (Å²) in [6.07, 6.45) is 1.80. The van der Waals surface area contributed by atoms with Gasteiger partial charge in [-0.1, -0.05) is 49.0 Å². The molecule has 156 valence electrons. The molecule has 7 nitrogen and oxygen atoms in total. The number of fused-ring (bicyclic) bond motifs is 1. The average molecular weight is 424 g/mol. The van der Waals surface area contributed by atoms with E-state index in [9.17, 15) is 4.79 Å². The molecule has 0 bridgehead atoms. The summed E-state index contributed by atoms with van der Waals surface area (Å²) in [7, 11) is 0. The summed E-state index contributed by atoms with van der Waals surface area (Å²) in [5.41, 5.74) is 5.25. The summed E-state index contributed by atoms with van der Waals surface area (Å²) >= 11 is 1.44. The first kappa shape index (κ1) is 20.3. The number of nitrogens with zero attached hydrogens (tertiary/aromatic N) is 3. The molecule has 0 unspecified atom stereocenters. The van der Waals surface area contributed by atoms with Gasteiger partial charge in [-0.05, 0) is 43.2 Å². The van der Waals surface area contributed by atoms with Crippen LogP contribution in [0.3, 0.4) is 0 Å². The second kappa shape index (κ2) is 9.21.